The number of nitrogens with zero attached hydrogens (tertiary/aromatic N) is 5. The van der Waals surface area contributed by atoms with E-state index in [0.29, 0.717) is 12.5 Å². The fourth-order valence-corrected chi connectivity index (χ4v) is 5.21. The van der Waals surface area contributed by atoms with E-state index in [4.69, 9.17) is 0 Å². The van der Waals surface area contributed by atoms with Crippen molar-refractivity contribution in [3.05, 3.63) is 22.2 Å². The number of carboxylic acid groups (broad SMARTS) is 1. The van der Waals surface area contributed by atoms with E-state index in [9.17, 15) is 9.90 Å². The molecule has 0 radical (unpaired) electrons. The third kappa shape index (κ3) is 6.65. The average molecular weight is 599 g/mol. The van der Waals surface area contributed by atoms with Gasteiger partial charge in [-0.1, -0.05) is 55.4 Å². The molecular formula is C26H43IN6O2. The van der Waals surface area contributed by atoms with Gasteiger partial charge >= 0.3 is 6.09 Å². The Balaban J connectivity index is 2.31. The molecule has 2 aromatic rings. The zero-order chi connectivity index (χ0) is 26.9. The van der Waals surface area contributed by atoms with E-state index in [1.165, 1.54) is 0 Å². The van der Waals surface area contributed by atoms with Gasteiger partial charge in [0.05, 0.1) is 11.3 Å². The Labute approximate surface area is 224 Å². The van der Waals surface area contributed by atoms with Crippen LogP contribution in [-0.2, 0) is 0 Å². The minimum atomic E-state index is -0.915. The lowest BCUT2D eigenvalue weighted by Crippen LogP contribution is -2.61. The zero-order valence-electron chi connectivity index (χ0n) is 23.1. The predicted octanol–water partition coefficient (Wildman–Crippen LogP) is 6.79. The summed E-state index contributed by atoms with van der Waals surface area (Å²) in [6.45, 7) is 23.7. The third-order valence-corrected chi connectivity index (χ3v) is 7.91. The number of nitrogens with one attached hydrogen (secondary N) is 1. The smallest absolute Gasteiger partial charge is 0.407 e. The largest absolute Gasteiger partial charge is 0.465 e. The molecule has 9 heteroatoms. The van der Waals surface area contributed by atoms with Crippen LogP contribution < -0.4 is 5.32 Å². The molecule has 2 heterocycles. The Kier molecular flexibility index (Phi) is 8.88. The molecule has 2 atom stereocenters. The van der Waals surface area contributed by atoms with Gasteiger partial charge in [0, 0.05) is 37.1 Å². The second kappa shape index (κ2) is 10.6. The summed E-state index contributed by atoms with van der Waals surface area (Å²) in [6, 6.07) is 1.62. The van der Waals surface area contributed by atoms with Crippen LogP contribution in [0.3, 0.4) is 0 Å². The minimum Gasteiger partial charge on any atom is -0.465 e. The van der Waals surface area contributed by atoms with Gasteiger partial charge in [0.1, 0.15) is 3.70 Å². The predicted molar refractivity (Wildman–Crippen MR) is 151 cm³/mol. The van der Waals surface area contributed by atoms with Crippen molar-refractivity contribution in [2.75, 3.05) is 11.9 Å². The van der Waals surface area contributed by atoms with Crippen molar-refractivity contribution < 1.29 is 9.90 Å². The van der Waals surface area contributed by atoms with Crippen molar-refractivity contribution in [2.24, 2.45) is 16.2 Å². The van der Waals surface area contributed by atoms with Gasteiger partial charge in [-0.15, -0.1) is 0 Å². The fraction of sp³-hybridized carbons (Fsp3) is 0.692. The lowest BCUT2D eigenvalue weighted by molar-refractivity contribution is -0.0535. The first-order valence-electron chi connectivity index (χ1n) is 12.2. The summed E-state index contributed by atoms with van der Waals surface area (Å²) in [5, 5.41) is 18.2. The van der Waals surface area contributed by atoms with Crippen LogP contribution >= 0.6 is 22.6 Å². The molecule has 2 rings (SSSR count). The Morgan fingerprint density at radius 1 is 1.14 bits per heavy atom. The lowest BCUT2D eigenvalue weighted by atomic mass is 9.58. The van der Waals surface area contributed by atoms with E-state index in [1.54, 1.807) is 11.1 Å². The summed E-state index contributed by atoms with van der Waals surface area (Å²) in [4.78, 5) is 23.3. The number of anilines is 1. The van der Waals surface area contributed by atoms with Crippen molar-refractivity contribution in [2.45, 2.75) is 94.3 Å². The molecule has 0 aliphatic rings. The second-order valence-corrected chi connectivity index (χ2v) is 13.4. The van der Waals surface area contributed by atoms with Crippen LogP contribution in [0.2, 0.25) is 0 Å². The van der Waals surface area contributed by atoms with E-state index in [-0.39, 0.29) is 34.4 Å². The van der Waals surface area contributed by atoms with Crippen LogP contribution in [0.15, 0.2) is 18.5 Å². The van der Waals surface area contributed by atoms with Crippen LogP contribution in [0.1, 0.15) is 82.2 Å². The van der Waals surface area contributed by atoms with Crippen molar-refractivity contribution in [3.63, 3.8) is 0 Å². The van der Waals surface area contributed by atoms with Crippen molar-refractivity contribution in [3.8, 4) is 11.3 Å². The maximum absolute atomic E-state index is 12.6. The highest BCUT2D eigenvalue weighted by atomic mass is 127. The van der Waals surface area contributed by atoms with Crippen LogP contribution in [0, 0.1) is 19.9 Å². The molecular weight excluding hydrogens is 555 g/mol. The summed E-state index contributed by atoms with van der Waals surface area (Å²) >= 11 is 2.22. The Bertz CT molecular complexity index is 1020. The SMILES string of the molecule is CC(C)n1cc(-c2ccnc(NC[C@H](C)N(C(=O)O)C(C(C)(C)C)C(C)(C)C(C)(C)C)n2)c(I)n1. The molecule has 1 unspecified atom stereocenters. The number of amides is 1. The van der Waals surface area contributed by atoms with Gasteiger partial charge in [-0.3, -0.25) is 9.58 Å². The van der Waals surface area contributed by atoms with Crippen molar-refractivity contribution in [1.82, 2.24) is 24.6 Å². The van der Waals surface area contributed by atoms with Gasteiger partial charge in [-0.25, -0.2) is 14.8 Å². The summed E-state index contributed by atoms with van der Waals surface area (Å²) < 4.78 is 2.80. The molecule has 2 N–H and O–H groups in total. The second-order valence-electron chi connectivity index (χ2n) is 12.3. The van der Waals surface area contributed by atoms with E-state index in [2.05, 4.69) is 112 Å². The zero-order valence-corrected chi connectivity index (χ0v) is 25.3. The van der Waals surface area contributed by atoms with Gasteiger partial charge in [0.15, 0.2) is 0 Å². The molecule has 196 valence electrons. The maximum Gasteiger partial charge on any atom is 0.407 e. The molecule has 0 aliphatic heterocycles. The highest BCUT2D eigenvalue weighted by molar-refractivity contribution is 14.1. The molecule has 0 saturated heterocycles. The number of carbonyl (C=O) groups is 1. The summed E-state index contributed by atoms with van der Waals surface area (Å²) in [5.74, 6) is 0.468. The highest BCUT2D eigenvalue weighted by Gasteiger charge is 2.50. The Morgan fingerprint density at radius 2 is 1.74 bits per heavy atom. The molecule has 0 saturated carbocycles. The van der Waals surface area contributed by atoms with Crippen LogP contribution in [0.5, 0.6) is 0 Å². The summed E-state index contributed by atoms with van der Waals surface area (Å²) in [5.41, 5.74) is 1.10. The first-order valence-corrected chi connectivity index (χ1v) is 13.3. The quantitative estimate of drug-likeness (QED) is 0.325. The van der Waals surface area contributed by atoms with E-state index in [1.807, 2.05) is 23.9 Å². The highest BCUT2D eigenvalue weighted by Crippen LogP contribution is 2.49. The first kappa shape index (κ1) is 29.3. The van der Waals surface area contributed by atoms with Gasteiger partial charge in [0.2, 0.25) is 5.95 Å². The number of hydrogen-bond acceptors (Lipinski definition) is 5. The lowest BCUT2D eigenvalue weighted by Gasteiger charge is -2.55. The number of hydrogen-bond donors (Lipinski definition) is 2. The van der Waals surface area contributed by atoms with E-state index in [0.717, 1.165) is 15.0 Å². The van der Waals surface area contributed by atoms with Crippen molar-refractivity contribution in [1.29, 1.82) is 0 Å². The molecule has 2 aromatic heterocycles. The molecule has 0 bridgehead atoms. The normalized spacial score (nSPS) is 14.7. The summed E-state index contributed by atoms with van der Waals surface area (Å²) in [6.07, 6.45) is 2.80. The number of aromatic nitrogens is 4. The molecule has 8 nitrogen and oxygen atoms in total. The number of halogens is 1. The average Bonchev–Trinajstić information content (AvgIpc) is 3.10. The summed E-state index contributed by atoms with van der Waals surface area (Å²) in [7, 11) is 0. The molecule has 0 aromatic carbocycles. The monoisotopic (exact) mass is 598 g/mol. The Hall–Kier alpha value is -1.91. The number of rotatable bonds is 8. The fourth-order valence-electron chi connectivity index (χ4n) is 4.55. The van der Waals surface area contributed by atoms with Crippen molar-refractivity contribution >= 4 is 34.6 Å². The van der Waals surface area contributed by atoms with Crippen LogP contribution in [0.4, 0.5) is 10.7 Å². The third-order valence-electron chi connectivity index (χ3n) is 7.11. The van der Waals surface area contributed by atoms with Gasteiger partial charge < -0.3 is 10.4 Å². The van der Waals surface area contributed by atoms with Gasteiger partial charge in [-0.05, 0) is 65.7 Å². The van der Waals surface area contributed by atoms with E-state index < -0.39 is 6.09 Å². The minimum absolute atomic E-state index is 0.0964. The molecule has 35 heavy (non-hydrogen) atoms. The topological polar surface area (TPSA) is 96.2 Å². The van der Waals surface area contributed by atoms with Gasteiger partial charge in [-0.2, -0.15) is 5.10 Å². The first-order chi connectivity index (χ1) is 15.9. The van der Waals surface area contributed by atoms with Gasteiger partial charge in [0.25, 0.3) is 0 Å². The molecule has 0 aliphatic carbocycles. The molecule has 0 fully saturated rings. The standard InChI is InChI=1S/C26H43IN6O2/c1-16(2)32-15-18(20(27)31-32)19-12-13-28-22(30-19)29-14-17(3)33(23(34)35)21(24(4,5)6)26(10,11)25(7,8)9/h12-13,15-17,21H,14H2,1-11H3,(H,34,35)(H,28,29,30)/t17-,21?/m0/s1. The maximum atomic E-state index is 12.6. The molecule has 1 amide bonds. The molecule has 0 spiro atoms. The van der Waals surface area contributed by atoms with E-state index >= 15 is 0 Å². The van der Waals surface area contributed by atoms with Crippen LogP contribution in [0.25, 0.3) is 11.3 Å². The van der Waals surface area contributed by atoms with Crippen LogP contribution in [-0.4, -0.2) is 54.5 Å². The Morgan fingerprint density at radius 3 is 2.20 bits per heavy atom.